The Morgan fingerprint density at radius 3 is 2.59 bits per heavy atom. The van der Waals surface area contributed by atoms with Crippen molar-refractivity contribution in [2.24, 2.45) is 0 Å². The molecule has 3 aromatic carbocycles. The number of esters is 1. The normalized spacial score (nSPS) is 11.8. The maximum atomic E-state index is 12.8. The third-order valence-corrected chi connectivity index (χ3v) is 5.34. The zero-order valence-corrected chi connectivity index (χ0v) is 18.8. The first kappa shape index (κ1) is 23.1. The highest BCUT2D eigenvalue weighted by Crippen LogP contribution is 2.31. The van der Waals surface area contributed by atoms with Crippen molar-refractivity contribution < 1.29 is 28.6 Å². The maximum Gasteiger partial charge on any atom is 0.408 e. The number of carbonyl (C=O) groups excluding carboxylic acids is 2. The average molecular weight is 482 g/mol. The van der Waals surface area contributed by atoms with Gasteiger partial charge in [-0.15, -0.1) is 0 Å². The van der Waals surface area contributed by atoms with Crippen LogP contribution in [0.2, 0.25) is 5.02 Å². The third-order valence-electron chi connectivity index (χ3n) is 5.11. The zero-order valence-electron chi connectivity index (χ0n) is 18.0. The summed E-state index contributed by atoms with van der Waals surface area (Å²) in [5.41, 5.74) is 0.598. The third kappa shape index (κ3) is 4.97. The summed E-state index contributed by atoms with van der Waals surface area (Å²) < 4.78 is 16.2. The molecule has 0 spiro atoms. The topological polar surface area (TPSA) is 115 Å². The summed E-state index contributed by atoms with van der Waals surface area (Å²) in [6, 6.07) is 15.1. The molecule has 0 aliphatic heterocycles. The van der Waals surface area contributed by atoms with E-state index in [0.717, 1.165) is 11.6 Å². The first-order valence-electron chi connectivity index (χ1n) is 10.4. The van der Waals surface area contributed by atoms with Crippen molar-refractivity contribution in [3.05, 3.63) is 81.5 Å². The van der Waals surface area contributed by atoms with Crippen LogP contribution in [0, 0.1) is 0 Å². The molecule has 0 saturated carbocycles. The minimum atomic E-state index is -0.997. The molecule has 1 heterocycles. The van der Waals surface area contributed by atoms with Crippen LogP contribution >= 0.6 is 11.6 Å². The summed E-state index contributed by atoms with van der Waals surface area (Å²) in [4.78, 5) is 37.5. The molecule has 34 heavy (non-hydrogen) atoms. The number of hydrogen-bond acceptors (Lipinski definition) is 7. The number of hydrogen-bond donors (Lipinski definition) is 2. The predicted molar refractivity (Wildman–Crippen MR) is 126 cm³/mol. The molecular formula is C25H20ClNO7. The van der Waals surface area contributed by atoms with Gasteiger partial charge >= 0.3 is 12.1 Å². The van der Waals surface area contributed by atoms with Crippen LogP contribution in [0.5, 0.6) is 11.5 Å². The van der Waals surface area contributed by atoms with Crippen LogP contribution in [0.15, 0.2) is 69.9 Å². The zero-order chi connectivity index (χ0) is 24.2. The van der Waals surface area contributed by atoms with E-state index in [4.69, 9.17) is 25.5 Å². The van der Waals surface area contributed by atoms with Gasteiger partial charge in [-0.05, 0) is 24.1 Å². The first-order valence-corrected chi connectivity index (χ1v) is 10.8. The Morgan fingerprint density at radius 1 is 1.09 bits per heavy atom. The molecule has 0 aliphatic carbocycles. The van der Waals surface area contributed by atoms with Gasteiger partial charge in [-0.1, -0.05) is 48.9 Å². The van der Waals surface area contributed by atoms with Gasteiger partial charge < -0.3 is 24.3 Å². The Hall–Kier alpha value is -4.04. The number of nitrogens with one attached hydrogen (secondary N) is 1. The highest BCUT2D eigenvalue weighted by atomic mass is 35.5. The van der Waals surface area contributed by atoms with Crippen LogP contribution in [0.4, 0.5) is 4.79 Å². The van der Waals surface area contributed by atoms with E-state index in [1.807, 2.05) is 18.2 Å². The Labute approximate surface area is 198 Å². The fraction of sp³-hybridized carbons (Fsp3) is 0.160. The maximum absolute atomic E-state index is 12.8. The summed E-state index contributed by atoms with van der Waals surface area (Å²) in [6.45, 7) is 1.74. The van der Waals surface area contributed by atoms with Gasteiger partial charge in [0.25, 0.3) is 0 Å². The summed E-state index contributed by atoms with van der Waals surface area (Å²) in [6.07, 6.45) is -0.541. The highest BCUT2D eigenvalue weighted by molar-refractivity contribution is 6.31. The summed E-state index contributed by atoms with van der Waals surface area (Å²) in [5, 5.41) is 13.4. The van der Waals surface area contributed by atoms with Crippen LogP contribution in [0.25, 0.3) is 21.9 Å². The SMILES string of the molecule is CC[C@@H](NC(=O)OCc1ccccc1)C(=O)Oc1cc(O)c2c(=O)c3ccc(Cl)cc3oc2c1. The van der Waals surface area contributed by atoms with Gasteiger partial charge in [0, 0.05) is 23.2 Å². The van der Waals surface area contributed by atoms with Crippen molar-refractivity contribution in [2.45, 2.75) is 26.0 Å². The van der Waals surface area contributed by atoms with Gasteiger partial charge in [-0.2, -0.15) is 0 Å². The fourth-order valence-electron chi connectivity index (χ4n) is 3.39. The van der Waals surface area contributed by atoms with E-state index in [1.54, 1.807) is 25.1 Å². The van der Waals surface area contributed by atoms with E-state index in [1.165, 1.54) is 18.2 Å². The molecule has 0 fully saturated rings. The lowest BCUT2D eigenvalue weighted by atomic mass is 10.1. The molecular weight excluding hydrogens is 462 g/mol. The molecule has 1 aromatic heterocycles. The number of phenols is 1. The van der Waals surface area contributed by atoms with Crippen molar-refractivity contribution in [1.82, 2.24) is 5.32 Å². The van der Waals surface area contributed by atoms with E-state index in [0.29, 0.717) is 5.02 Å². The Kier molecular flexibility index (Phi) is 6.70. The van der Waals surface area contributed by atoms with Crippen LogP contribution in [-0.2, 0) is 16.1 Å². The largest absolute Gasteiger partial charge is 0.507 e. The van der Waals surface area contributed by atoms with Crippen molar-refractivity contribution in [3.63, 3.8) is 0 Å². The second-order valence-electron chi connectivity index (χ2n) is 7.48. The number of fused-ring (bicyclic) bond motifs is 2. The first-order chi connectivity index (χ1) is 16.4. The van der Waals surface area contributed by atoms with Gasteiger partial charge in [-0.3, -0.25) is 4.79 Å². The summed E-state index contributed by atoms with van der Waals surface area (Å²) in [5.74, 6) is -1.24. The number of ether oxygens (including phenoxy) is 2. The van der Waals surface area contributed by atoms with Crippen molar-refractivity contribution in [1.29, 1.82) is 0 Å². The van der Waals surface area contributed by atoms with E-state index < -0.39 is 29.3 Å². The molecule has 0 unspecified atom stereocenters. The fourth-order valence-corrected chi connectivity index (χ4v) is 3.55. The van der Waals surface area contributed by atoms with Gasteiger partial charge in [0.15, 0.2) is 0 Å². The molecule has 0 saturated heterocycles. The second kappa shape index (κ2) is 9.84. The van der Waals surface area contributed by atoms with Gasteiger partial charge in [0.05, 0.1) is 5.39 Å². The lowest BCUT2D eigenvalue weighted by molar-refractivity contribution is -0.136. The molecule has 0 bridgehead atoms. The van der Waals surface area contributed by atoms with Crippen molar-refractivity contribution in [3.8, 4) is 11.5 Å². The van der Waals surface area contributed by atoms with E-state index >= 15 is 0 Å². The highest BCUT2D eigenvalue weighted by Gasteiger charge is 2.23. The van der Waals surface area contributed by atoms with E-state index in [9.17, 15) is 19.5 Å². The lowest BCUT2D eigenvalue weighted by Crippen LogP contribution is -2.42. The molecule has 4 aromatic rings. The molecule has 4 rings (SSSR count). The quantitative estimate of drug-likeness (QED) is 0.228. The monoisotopic (exact) mass is 481 g/mol. The van der Waals surface area contributed by atoms with Crippen molar-refractivity contribution >= 4 is 45.6 Å². The minimum absolute atomic E-state index is 0.0193. The standard InChI is InChI=1S/C25H20ClNO7/c1-2-18(27-25(31)32-13-14-6-4-3-5-7-14)24(30)33-16-11-19(28)22-21(12-16)34-20-10-15(26)8-9-17(20)23(22)29/h3-12,18,28H,2,13H2,1H3,(H,27,31)/t18-/m1/s1. The summed E-state index contributed by atoms with van der Waals surface area (Å²) >= 11 is 5.98. The Balaban J connectivity index is 1.51. The van der Waals surface area contributed by atoms with E-state index in [-0.39, 0.29) is 40.7 Å². The number of aromatic hydroxyl groups is 1. The second-order valence-corrected chi connectivity index (χ2v) is 7.91. The number of phenolic OH excluding ortho intramolecular Hbond substituents is 1. The molecule has 174 valence electrons. The molecule has 8 nitrogen and oxygen atoms in total. The summed E-state index contributed by atoms with van der Waals surface area (Å²) in [7, 11) is 0. The minimum Gasteiger partial charge on any atom is -0.507 e. The lowest BCUT2D eigenvalue weighted by Gasteiger charge is -2.16. The number of halogens is 1. The smallest absolute Gasteiger partial charge is 0.408 e. The van der Waals surface area contributed by atoms with Gasteiger partial charge in [0.2, 0.25) is 5.43 Å². The van der Waals surface area contributed by atoms with Crippen LogP contribution < -0.4 is 15.5 Å². The molecule has 9 heteroatoms. The molecule has 2 N–H and O–H groups in total. The molecule has 1 atom stereocenters. The molecule has 0 aliphatic rings. The Bertz CT molecular complexity index is 1430. The van der Waals surface area contributed by atoms with Crippen LogP contribution in [-0.4, -0.2) is 23.2 Å². The number of benzene rings is 3. The van der Waals surface area contributed by atoms with Gasteiger partial charge in [-0.25, -0.2) is 9.59 Å². The number of rotatable bonds is 6. The van der Waals surface area contributed by atoms with E-state index in [2.05, 4.69) is 5.32 Å². The van der Waals surface area contributed by atoms with Crippen LogP contribution in [0.1, 0.15) is 18.9 Å². The number of carbonyl (C=O) groups is 2. The Morgan fingerprint density at radius 2 is 1.85 bits per heavy atom. The predicted octanol–water partition coefficient (Wildman–Crippen LogP) is 4.92. The molecule has 0 radical (unpaired) electrons. The van der Waals surface area contributed by atoms with Gasteiger partial charge in [0.1, 0.15) is 40.7 Å². The number of alkyl carbamates (subject to hydrolysis) is 1. The van der Waals surface area contributed by atoms with Crippen LogP contribution in [0.3, 0.4) is 0 Å². The number of amides is 1. The molecule has 1 amide bonds. The average Bonchev–Trinajstić information content (AvgIpc) is 2.81. The van der Waals surface area contributed by atoms with Crippen molar-refractivity contribution in [2.75, 3.05) is 0 Å².